The Morgan fingerprint density at radius 1 is 1.13 bits per heavy atom. The number of anilines is 1. The summed E-state index contributed by atoms with van der Waals surface area (Å²) in [5, 5.41) is 4.48. The number of halogens is 1. The Bertz CT molecular complexity index is 1040. The number of hydrogen-bond acceptors (Lipinski definition) is 4. The fraction of sp³-hybridized carbons (Fsp3) is 0.375. The Hall–Kier alpha value is -2.47. The number of sulfone groups is 1. The van der Waals surface area contributed by atoms with E-state index in [1.807, 2.05) is 52.0 Å². The first kappa shape index (κ1) is 23.8. The van der Waals surface area contributed by atoms with Crippen molar-refractivity contribution in [2.24, 2.45) is 5.92 Å². The second-order valence-electron chi connectivity index (χ2n) is 7.97. The first-order valence-electron chi connectivity index (χ1n) is 10.0. The van der Waals surface area contributed by atoms with E-state index >= 15 is 0 Å². The Kier molecular flexibility index (Phi) is 7.96. The second kappa shape index (κ2) is 10.0. The summed E-state index contributed by atoms with van der Waals surface area (Å²) in [7, 11) is -3.19. The molecule has 6 heteroatoms. The maximum Gasteiger partial charge on any atom is 0.168 e. The van der Waals surface area contributed by atoms with Gasteiger partial charge in [0.25, 0.3) is 0 Å². The summed E-state index contributed by atoms with van der Waals surface area (Å²) in [6.07, 6.45) is 3.28. The maximum absolute atomic E-state index is 14.7. The van der Waals surface area contributed by atoms with E-state index in [2.05, 4.69) is 5.32 Å². The summed E-state index contributed by atoms with van der Waals surface area (Å²) >= 11 is 0. The molecule has 4 nitrogen and oxygen atoms in total. The van der Waals surface area contributed by atoms with Gasteiger partial charge in [-0.05, 0) is 61.9 Å². The van der Waals surface area contributed by atoms with Crippen LogP contribution in [0.3, 0.4) is 0 Å². The van der Waals surface area contributed by atoms with Crippen LogP contribution in [0.1, 0.15) is 59.8 Å². The van der Waals surface area contributed by atoms with Crippen LogP contribution in [0.25, 0.3) is 0 Å². The van der Waals surface area contributed by atoms with Crippen molar-refractivity contribution in [3.8, 4) is 0 Å². The number of carbonyl (C=O) groups excluding carboxylic acids is 1. The molecule has 0 aliphatic heterocycles. The van der Waals surface area contributed by atoms with Gasteiger partial charge in [0, 0.05) is 29.8 Å². The molecule has 0 bridgehead atoms. The molecule has 1 N–H and O–H groups in total. The van der Waals surface area contributed by atoms with Crippen LogP contribution in [0, 0.1) is 25.6 Å². The molecule has 0 aromatic heterocycles. The molecule has 2 rings (SSSR count). The molecule has 0 saturated carbocycles. The fourth-order valence-corrected chi connectivity index (χ4v) is 3.85. The Morgan fingerprint density at radius 3 is 2.43 bits per heavy atom. The summed E-state index contributed by atoms with van der Waals surface area (Å²) in [5.74, 6) is -0.929. The third kappa shape index (κ3) is 6.80. The minimum absolute atomic E-state index is 0.00617. The summed E-state index contributed by atoms with van der Waals surface area (Å²) < 4.78 is 37.1. The van der Waals surface area contributed by atoms with Crippen LogP contribution in [-0.4, -0.2) is 20.5 Å². The van der Waals surface area contributed by atoms with Crippen LogP contribution in [0.2, 0.25) is 0 Å². The number of allylic oxidation sites excluding steroid dienone is 1. The third-order valence-electron chi connectivity index (χ3n) is 5.12. The van der Waals surface area contributed by atoms with Crippen molar-refractivity contribution in [1.29, 1.82) is 0 Å². The topological polar surface area (TPSA) is 63.2 Å². The molecule has 0 spiro atoms. The van der Waals surface area contributed by atoms with Gasteiger partial charge in [-0.1, -0.05) is 37.3 Å². The first-order valence-corrected chi connectivity index (χ1v) is 12.0. The minimum Gasteiger partial charge on any atom is -0.378 e. The van der Waals surface area contributed by atoms with Crippen molar-refractivity contribution in [2.45, 2.75) is 46.6 Å². The number of ketones is 1. The molecule has 0 saturated heterocycles. The van der Waals surface area contributed by atoms with Crippen LogP contribution >= 0.6 is 0 Å². The van der Waals surface area contributed by atoms with Crippen LogP contribution in [0.15, 0.2) is 47.9 Å². The zero-order valence-electron chi connectivity index (χ0n) is 18.2. The van der Waals surface area contributed by atoms with Crippen molar-refractivity contribution in [2.75, 3.05) is 11.6 Å². The number of hydrogen-bond donors (Lipinski definition) is 1. The first-order chi connectivity index (χ1) is 14.0. The van der Waals surface area contributed by atoms with E-state index in [4.69, 9.17) is 0 Å². The molecule has 0 amide bonds. The number of rotatable bonds is 9. The number of carbonyl (C=O) groups is 1. The van der Waals surface area contributed by atoms with Crippen LogP contribution in [-0.2, 0) is 9.84 Å². The normalized spacial score (nSPS) is 13.9. The van der Waals surface area contributed by atoms with Crippen molar-refractivity contribution >= 4 is 21.3 Å². The summed E-state index contributed by atoms with van der Waals surface area (Å²) in [5.41, 5.74) is 3.81. The molecule has 0 heterocycles. The molecular weight excluding hydrogens is 401 g/mol. The van der Waals surface area contributed by atoms with Crippen molar-refractivity contribution in [3.05, 3.63) is 76.0 Å². The van der Waals surface area contributed by atoms with Gasteiger partial charge in [-0.3, -0.25) is 4.79 Å². The van der Waals surface area contributed by atoms with E-state index in [1.165, 1.54) is 6.07 Å². The highest BCUT2D eigenvalue weighted by molar-refractivity contribution is 7.93. The lowest BCUT2D eigenvalue weighted by atomic mass is 9.97. The predicted molar refractivity (Wildman–Crippen MR) is 121 cm³/mol. The molecule has 0 aliphatic carbocycles. The van der Waals surface area contributed by atoms with E-state index in [-0.39, 0.29) is 29.7 Å². The number of aryl methyl sites for hydroxylation is 2. The Balaban J connectivity index is 2.09. The molecule has 30 heavy (non-hydrogen) atoms. The zero-order chi connectivity index (χ0) is 22.5. The number of nitrogens with one attached hydrogen (secondary N) is 1. The molecule has 2 aromatic rings. The summed E-state index contributed by atoms with van der Waals surface area (Å²) in [6, 6.07) is 11.0. The van der Waals surface area contributed by atoms with Gasteiger partial charge in [0.2, 0.25) is 0 Å². The van der Waals surface area contributed by atoms with Crippen molar-refractivity contribution < 1.29 is 17.6 Å². The third-order valence-corrected chi connectivity index (χ3v) is 5.77. The molecule has 0 aliphatic rings. The van der Waals surface area contributed by atoms with Gasteiger partial charge in [-0.25, -0.2) is 12.8 Å². The average Bonchev–Trinajstić information content (AvgIpc) is 2.66. The van der Waals surface area contributed by atoms with E-state index in [0.717, 1.165) is 28.4 Å². The van der Waals surface area contributed by atoms with E-state index in [1.54, 1.807) is 12.1 Å². The molecule has 0 fully saturated rings. The van der Waals surface area contributed by atoms with Gasteiger partial charge < -0.3 is 5.32 Å². The minimum atomic E-state index is -3.19. The summed E-state index contributed by atoms with van der Waals surface area (Å²) in [4.78, 5) is 12.5. The smallest absolute Gasteiger partial charge is 0.168 e. The lowest BCUT2D eigenvalue weighted by molar-refractivity contribution is 0.0973. The molecular formula is C24H30FNO3S. The quantitative estimate of drug-likeness (QED) is 0.512. The highest BCUT2D eigenvalue weighted by Crippen LogP contribution is 2.27. The SMILES string of the molecule is Cc1cc(C(=O)CC[C@H](C)/C=C/S(C)(=O)=O)c(F)cc1N[C@@H](C)c1ccccc1C. The molecule has 0 unspecified atom stereocenters. The lowest BCUT2D eigenvalue weighted by Crippen LogP contribution is -2.11. The molecule has 2 aromatic carbocycles. The van der Waals surface area contributed by atoms with Gasteiger partial charge in [0.1, 0.15) is 5.82 Å². The highest BCUT2D eigenvalue weighted by atomic mass is 32.2. The molecule has 0 radical (unpaired) electrons. The van der Waals surface area contributed by atoms with Gasteiger partial charge in [-0.15, -0.1) is 0 Å². The van der Waals surface area contributed by atoms with E-state index in [9.17, 15) is 17.6 Å². The van der Waals surface area contributed by atoms with Crippen molar-refractivity contribution in [1.82, 2.24) is 0 Å². The highest BCUT2D eigenvalue weighted by Gasteiger charge is 2.17. The predicted octanol–water partition coefficient (Wildman–Crippen LogP) is 5.77. The van der Waals surface area contributed by atoms with Gasteiger partial charge in [-0.2, -0.15) is 0 Å². The lowest BCUT2D eigenvalue weighted by Gasteiger charge is -2.20. The van der Waals surface area contributed by atoms with Crippen molar-refractivity contribution in [3.63, 3.8) is 0 Å². The van der Waals surface area contributed by atoms with Crippen LogP contribution in [0.5, 0.6) is 0 Å². The number of Topliss-reactive ketones (excluding diaryl/α,β-unsaturated/α-hetero) is 1. The standard InChI is InChI=1S/C24H30FNO3S/c1-16(12-13-30(5,28)29)10-11-24(27)21-14-18(3)23(15-22(21)25)26-19(4)20-9-7-6-8-17(20)2/h6-9,12-16,19,26H,10-11H2,1-5H3/b13-12+/t16-,19-/m0/s1. The van der Waals surface area contributed by atoms with Gasteiger partial charge in [0.05, 0.1) is 5.56 Å². The Labute approximate surface area is 179 Å². The fourth-order valence-electron chi connectivity index (χ4n) is 3.30. The maximum atomic E-state index is 14.7. The van der Waals surface area contributed by atoms with Crippen LogP contribution < -0.4 is 5.32 Å². The monoisotopic (exact) mass is 431 g/mol. The molecule has 162 valence electrons. The van der Waals surface area contributed by atoms with Gasteiger partial charge in [0.15, 0.2) is 15.6 Å². The van der Waals surface area contributed by atoms with E-state index < -0.39 is 15.7 Å². The molecule has 2 atom stereocenters. The van der Waals surface area contributed by atoms with E-state index in [0.29, 0.717) is 12.1 Å². The second-order valence-corrected chi connectivity index (χ2v) is 9.90. The Morgan fingerprint density at radius 2 is 1.80 bits per heavy atom. The summed E-state index contributed by atoms with van der Waals surface area (Å²) in [6.45, 7) is 7.73. The largest absolute Gasteiger partial charge is 0.378 e. The van der Waals surface area contributed by atoms with Gasteiger partial charge >= 0.3 is 0 Å². The number of benzene rings is 2. The average molecular weight is 432 g/mol. The zero-order valence-corrected chi connectivity index (χ0v) is 19.0. The van der Waals surface area contributed by atoms with Crippen LogP contribution in [0.4, 0.5) is 10.1 Å².